The molecule has 2 N–H and O–H groups in total. The molecule has 0 saturated carbocycles. The maximum Gasteiger partial charge on any atom is 0.416 e. The molecule has 2 heterocycles. The predicted octanol–water partition coefficient (Wildman–Crippen LogP) is 6.73. The topological polar surface area (TPSA) is 108 Å². The van der Waals surface area contributed by atoms with Crippen LogP contribution >= 0.6 is 11.3 Å². The first-order chi connectivity index (χ1) is 17.1. The van der Waals surface area contributed by atoms with Crippen LogP contribution in [0.15, 0.2) is 46.3 Å². The van der Waals surface area contributed by atoms with Crippen molar-refractivity contribution in [3.8, 4) is 10.7 Å². The zero-order valence-corrected chi connectivity index (χ0v) is 24.1. The summed E-state index contributed by atoms with van der Waals surface area (Å²) < 4.78 is 70.9. The zero-order chi connectivity index (χ0) is 27.8. The molecule has 0 saturated heterocycles. The van der Waals surface area contributed by atoms with Gasteiger partial charge in [0.25, 0.3) is 0 Å². The largest absolute Gasteiger partial charge is 0.416 e. The molecule has 0 aliphatic heterocycles. The van der Waals surface area contributed by atoms with Gasteiger partial charge in [-0.3, -0.25) is 4.98 Å². The predicted molar refractivity (Wildman–Crippen MR) is 140 cm³/mol. The summed E-state index contributed by atoms with van der Waals surface area (Å²) in [5, 5.41) is 9.47. The minimum Gasteiger partial charge on any atom is -0.409 e. The maximum atomic E-state index is 12.9. The summed E-state index contributed by atoms with van der Waals surface area (Å²) in [5.74, 6) is 0. The first-order valence-electron chi connectivity index (χ1n) is 11.7. The summed E-state index contributed by atoms with van der Waals surface area (Å²) in [4.78, 5) is 3.67. The Balaban J connectivity index is 1.83. The molecule has 0 aliphatic rings. The van der Waals surface area contributed by atoms with Crippen molar-refractivity contribution in [1.29, 1.82) is 0 Å². The Morgan fingerprint density at radius 1 is 0.973 bits per heavy atom. The number of nitrogens with two attached hydrogens (primary N) is 1. The van der Waals surface area contributed by atoms with E-state index in [0.29, 0.717) is 33.2 Å². The monoisotopic (exact) mass is 572 g/mol. The van der Waals surface area contributed by atoms with Crippen molar-refractivity contribution < 1.29 is 26.0 Å². The number of pyridine rings is 1. The average Bonchev–Trinajstić information content (AvgIpc) is 3.27. The van der Waals surface area contributed by atoms with Crippen molar-refractivity contribution >= 4 is 35.2 Å². The summed E-state index contributed by atoms with van der Waals surface area (Å²) in [7, 11) is -6.22. The third kappa shape index (κ3) is 5.89. The van der Waals surface area contributed by atoms with E-state index in [2.05, 4.69) is 56.7 Å². The van der Waals surface area contributed by atoms with Gasteiger partial charge in [0, 0.05) is 6.20 Å². The quantitative estimate of drug-likeness (QED) is 0.283. The lowest BCUT2D eigenvalue weighted by Crippen LogP contribution is -2.47. The van der Waals surface area contributed by atoms with Crippen molar-refractivity contribution in [2.75, 3.05) is 5.73 Å². The molecule has 37 heavy (non-hydrogen) atoms. The van der Waals surface area contributed by atoms with Crippen molar-refractivity contribution in [2.45, 2.75) is 80.7 Å². The van der Waals surface area contributed by atoms with E-state index in [1.54, 1.807) is 0 Å². The second-order valence-electron chi connectivity index (χ2n) is 9.74. The number of rotatable bonds is 9. The van der Waals surface area contributed by atoms with Crippen molar-refractivity contribution in [3.05, 3.63) is 47.1 Å². The molecule has 13 heteroatoms. The van der Waals surface area contributed by atoms with Crippen LogP contribution in [0.1, 0.15) is 52.1 Å². The Morgan fingerprint density at radius 2 is 1.54 bits per heavy atom. The second-order valence-corrected chi connectivity index (χ2v) is 18.2. The number of hydrogen-bond acceptors (Lipinski definition) is 8. The van der Waals surface area contributed by atoms with Crippen LogP contribution in [0.2, 0.25) is 16.6 Å². The Morgan fingerprint density at radius 3 is 2.03 bits per heavy atom. The van der Waals surface area contributed by atoms with E-state index in [0.717, 1.165) is 30.5 Å². The Bertz CT molecular complexity index is 1320. The van der Waals surface area contributed by atoms with Gasteiger partial charge in [0.2, 0.25) is 18.2 Å². The molecule has 2 aromatic heterocycles. The molecule has 3 aromatic rings. The van der Waals surface area contributed by atoms with E-state index in [9.17, 15) is 21.6 Å². The summed E-state index contributed by atoms with van der Waals surface area (Å²) in [6, 6.07) is 4.49. The van der Waals surface area contributed by atoms with E-state index in [1.807, 2.05) is 0 Å². The van der Waals surface area contributed by atoms with Crippen LogP contribution in [-0.4, -0.2) is 31.9 Å². The van der Waals surface area contributed by atoms with Crippen LogP contribution in [0.25, 0.3) is 10.7 Å². The Kier molecular flexibility index (Phi) is 8.52. The van der Waals surface area contributed by atoms with Crippen LogP contribution in [0.3, 0.4) is 0 Å². The highest BCUT2D eigenvalue weighted by atomic mass is 32.2. The maximum absolute atomic E-state index is 12.9. The summed E-state index contributed by atoms with van der Waals surface area (Å²) >= 11 is 1.27. The number of nitrogen functional groups attached to an aromatic ring is 1. The van der Waals surface area contributed by atoms with Crippen LogP contribution in [0.4, 0.5) is 18.9 Å². The number of alkyl halides is 3. The van der Waals surface area contributed by atoms with E-state index in [4.69, 9.17) is 10.2 Å². The highest BCUT2D eigenvalue weighted by molar-refractivity contribution is 7.91. The van der Waals surface area contributed by atoms with Gasteiger partial charge in [-0.2, -0.15) is 13.2 Å². The number of aromatic nitrogens is 3. The van der Waals surface area contributed by atoms with Crippen LogP contribution in [-0.2, 0) is 27.0 Å². The van der Waals surface area contributed by atoms with Crippen LogP contribution in [0.5, 0.6) is 0 Å². The van der Waals surface area contributed by atoms with Gasteiger partial charge in [0.15, 0.2) is 5.01 Å². The van der Waals surface area contributed by atoms with E-state index < -0.39 is 29.9 Å². The zero-order valence-electron chi connectivity index (χ0n) is 21.5. The highest BCUT2D eigenvalue weighted by Crippen LogP contribution is 2.43. The molecule has 0 spiro atoms. The van der Waals surface area contributed by atoms with Gasteiger partial charge in [0.1, 0.15) is 10.7 Å². The fraction of sp³-hybridized carbons (Fsp3) is 0.458. The van der Waals surface area contributed by atoms with Gasteiger partial charge in [0.05, 0.1) is 27.6 Å². The van der Waals surface area contributed by atoms with Gasteiger partial charge >= 0.3 is 6.18 Å². The number of nitrogens with zero attached hydrogens (tertiary/aromatic N) is 3. The lowest BCUT2D eigenvalue weighted by Gasteiger charge is -2.41. The molecule has 0 fully saturated rings. The van der Waals surface area contributed by atoms with Crippen molar-refractivity contribution in [2.24, 2.45) is 0 Å². The molecule has 202 valence electrons. The van der Waals surface area contributed by atoms with E-state index in [1.165, 1.54) is 17.4 Å². The summed E-state index contributed by atoms with van der Waals surface area (Å²) in [5.41, 5.74) is 6.76. The number of sulfone groups is 1. The molecule has 0 amide bonds. The SMILES string of the molecule is CC(C)[Si](OCc1nnc(-c2ncc(S(=O)(=O)c3ccc(C(F)(F)F)cc3)cc2N)s1)(C(C)C)C(C)C. The minimum atomic E-state index is -4.57. The molecule has 3 rings (SSSR count). The number of halogens is 3. The lowest BCUT2D eigenvalue weighted by atomic mass is 10.2. The third-order valence-electron chi connectivity index (χ3n) is 6.52. The number of anilines is 1. The average molecular weight is 573 g/mol. The first-order valence-corrected chi connectivity index (χ1v) is 16.2. The highest BCUT2D eigenvalue weighted by Gasteiger charge is 2.45. The Hall–Kier alpha value is -2.35. The van der Waals surface area contributed by atoms with Gasteiger partial charge in [-0.1, -0.05) is 52.9 Å². The number of hydrogen-bond donors (Lipinski definition) is 1. The Labute approximate surface area is 220 Å². The molecule has 0 atom stereocenters. The van der Waals surface area contributed by atoms with Crippen molar-refractivity contribution in [1.82, 2.24) is 15.2 Å². The van der Waals surface area contributed by atoms with Crippen LogP contribution < -0.4 is 5.73 Å². The molecular weight excluding hydrogens is 542 g/mol. The fourth-order valence-corrected chi connectivity index (χ4v) is 12.3. The first kappa shape index (κ1) is 29.2. The molecule has 0 radical (unpaired) electrons. The van der Waals surface area contributed by atoms with Gasteiger partial charge < -0.3 is 10.2 Å². The van der Waals surface area contributed by atoms with Gasteiger partial charge in [-0.15, -0.1) is 10.2 Å². The smallest absolute Gasteiger partial charge is 0.409 e. The number of benzene rings is 1. The standard InChI is InChI=1S/C24H31F3N4O3S2Si/c1-14(2)37(15(3)4,16(5)6)34-13-21-30-31-23(35-21)22-20(28)11-19(12-29-22)36(32,33)18-9-7-17(8-10-18)24(25,26)27/h7-12,14-16H,13,28H2,1-6H3. The van der Waals surface area contributed by atoms with Crippen molar-refractivity contribution in [3.63, 3.8) is 0 Å². The normalized spacial score (nSPS) is 13.2. The molecular formula is C24H31F3N4O3S2Si. The van der Waals surface area contributed by atoms with Gasteiger partial charge in [-0.05, 0) is 47.0 Å². The summed E-state index contributed by atoms with van der Waals surface area (Å²) in [6.45, 7) is 13.5. The molecule has 1 aromatic carbocycles. The molecule has 0 bridgehead atoms. The fourth-order valence-electron chi connectivity index (χ4n) is 4.84. The minimum absolute atomic E-state index is 0.0619. The van der Waals surface area contributed by atoms with E-state index in [-0.39, 0.29) is 21.2 Å². The van der Waals surface area contributed by atoms with Crippen LogP contribution in [0, 0.1) is 0 Å². The molecule has 0 aliphatic carbocycles. The third-order valence-corrected chi connectivity index (χ3v) is 15.2. The molecule has 7 nitrogen and oxygen atoms in total. The summed E-state index contributed by atoms with van der Waals surface area (Å²) in [6.07, 6.45) is -3.45. The lowest BCUT2D eigenvalue weighted by molar-refractivity contribution is -0.137. The van der Waals surface area contributed by atoms with E-state index >= 15 is 0 Å². The molecule has 0 unspecified atom stereocenters. The van der Waals surface area contributed by atoms with Gasteiger partial charge in [-0.25, -0.2) is 8.42 Å². The second kappa shape index (κ2) is 10.8.